The number of rotatable bonds is 6. The van der Waals surface area contributed by atoms with Crippen molar-refractivity contribution in [1.82, 2.24) is 0 Å². The molecule has 1 N–H and O–H groups in total. The first kappa shape index (κ1) is 18.7. The zero-order valence-electron chi connectivity index (χ0n) is 17.2. The van der Waals surface area contributed by atoms with E-state index in [1.165, 1.54) is 55.2 Å². The molecular weight excluding hydrogens is 360 g/mol. The van der Waals surface area contributed by atoms with Gasteiger partial charge in [-0.25, -0.2) is 0 Å². The Balaban J connectivity index is 1.47. The van der Waals surface area contributed by atoms with Crippen molar-refractivity contribution in [3.8, 4) is 16.9 Å². The van der Waals surface area contributed by atoms with Gasteiger partial charge in [-0.2, -0.15) is 0 Å². The van der Waals surface area contributed by atoms with Crippen molar-refractivity contribution in [3.63, 3.8) is 0 Å². The third-order valence-electron chi connectivity index (χ3n) is 7.72. The predicted molar refractivity (Wildman–Crippen MR) is 114 cm³/mol. The van der Waals surface area contributed by atoms with Gasteiger partial charge in [-0.3, -0.25) is 4.79 Å². The van der Waals surface area contributed by atoms with Gasteiger partial charge >= 0.3 is 5.97 Å². The molecule has 0 saturated heterocycles. The number of methoxy groups -OCH3 is 1. The lowest BCUT2D eigenvalue weighted by Gasteiger charge is -2.57. The fourth-order valence-electron chi connectivity index (χ4n) is 6.86. The molecule has 4 bridgehead atoms. The van der Waals surface area contributed by atoms with E-state index in [9.17, 15) is 4.79 Å². The summed E-state index contributed by atoms with van der Waals surface area (Å²) in [6.45, 7) is 0. The maximum Gasteiger partial charge on any atom is 0.303 e. The van der Waals surface area contributed by atoms with E-state index in [2.05, 4.69) is 42.5 Å². The molecule has 0 atom stereocenters. The molecule has 4 fully saturated rings. The second kappa shape index (κ2) is 7.19. The first-order valence-corrected chi connectivity index (χ1v) is 11.0. The topological polar surface area (TPSA) is 46.5 Å². The van der Waals surface area contributed by atoms with Crippen molar-refractivity contribution in [3.05, 3.63) is 53.6 Å². The molecule has 6 rings (SSSR count). The smallest absolute Gasteiger partial charge is 0.303 e. The number of hydrogen-bond acceptors (Lipinski definition) is 2. The number of benzene rings is 2. The molecule has 4 aliphatic carbocycles. The molecule has 2 aromatic carbocycles. The largest absolute Gasteiger partial charge is 0.496 e. The van der Waals surface area contributed by atoms with Crippen LogP contribution in [-0.2, 0) is 16.6 Å². The van der Waals surface area contributed by atoms with Crippen molar-refractivity contribution in [1.29, 1.82) is 0 Å². The maximum absolute atomic E-state index is 10.8. The van der Waals surface area contributed by atoms with Gasteiger partial charge < -0.3 is 9.84 Å². The molecule has 0 heterocycles. The number of ether oxygens (including phenoxy) is 1. The Hall–Kier alpha value is -2.29. The van der Waals surface area contributed by atoms with E-state index in [-0.39, 0.29) is 6.42 Å². The minimum Gasteiger partial charge on any atom is -0.496 e. The van der Waals surface area contributed by atoms with Gasteiger partial charge in [0, 0.05) is 12.0 Å². The van der Waals surface area contributed by atoms with Crippen LogP contribution in [0.15, 0.2) is 42.5 Å². The van der Waals surface area contributed by atoms with Crippen LogP contribution >= 0.6 is 0 Å². The van der Waals surface area contributed by atoms with E-state index in [0.717, 1.165) is 29.1 Å². The summed E-state index contributed by atoms with van der Waals surface area (Å²) in [6.07, 6.45) is 9.07. The van der Waals surface area contributed by atoms with Crippen molar-refractivity contribution in [2.24, 2.45) is 17.8 Å². The van der Waals surface area contributed by atoms with Crippen molar-refractivity contribution in [2.45, 2.75) is 56.8 Å². The highest BCUT2D eigenvalue weighted by Gasteiger charge is 2.52. The van der Waals surface area contributed by atoms with E-state index in [1.54, 1.807) is 7.11 Å². The lowest BCUT2D eigenvalue weighted by atomic mass is 9.48. The van der Waals surface area contributed by atoms with E-state index in [4.69, 9.17) is 9.84 Å². The molecule has 0 unspecified atom stereocenters. The molecular formula is C26H30O3. The van der Waals surface area contributed by atoms with Crippen LogP contribution in [0.1, 0.15) is 56.1 Å². The SMILES string of the molecule is COc1ccc(-c2ccc(CCC(=O)O)cc2)cc1C12CC3CC(CC(C3)C1)C2. The highest BCUT2D eigenvalue weighted by Crippen LogP contribution is 2.62. The normalized spacial score (nSPS) is 29.8. The molecule has 0 aromatic heterocycles. The molecule has 152 valence electrons. The third-order valence-corrected chi connectivity index (χ3v) is 7.72. The predicted octanol–water partition coefficient (Wildman–Crippen LogP) is 5.85. The number of aryl methyl sites for hydroxylation is 1. The van der Waals surface area contributed by atoms with Gasteiger partial charge in [0.15, 0.2) is 0 Å². The van der Waals surface area contributed by atoms with Crippen LogP contribution in [-0.4, -0.2) is 18.2 Å². The maximum atomic E-state index is 10.8. The Morgan fingerprint density at radius 1 is 0.966 bits per heavy atom. The Bertz CT molecular complexity index is 877. The summed E-state index contributed by atoms with van der Waals surface area (Å²) < 4.78 is 5.84. The van der Waals surface area contributed by atoms with Crippen LogP contribution in [0.4, 0.5) is 0 Å². The average Bonchev–Trinajstić information content (AvgIpc) is 2.71. The summed E-state index contributed by atoms with van der Waals surface area (Å²) in [5, 5.41) is 8.89. The van der Waals surface area contributed by atoms with Crippen molar-refractivity contribution in [2.75, 3.05) is 7.11 Å². The zero-order chi connectivity index (χ0) is 20.0. The average molecular weight is 391 g/mol. The molecule has 0 aliphatic heterocycles. The lowest BCUT2D eigenvalue weighted by Crippen LogP contribution is -2.48. The highest BCUT2D eigenvalue weighted by molar-refractivity contribution is 5.68. The summed E-state index contributed by atoms with van der Waals surface area (Å²) in [5.41, 5.74) is 5.23. The molecule has 4 aliphatic rings. The summed E-state index contributed by atoms with van der Waals surface area (Å²) in [4.78, 5) is 10.8. The zero-order valence-corrected chi connectivity index (χ0v) is 17.2. The molecule has 0 radical (unpaired) electrons. The summed E-state index contributed by atoms with van der Waals surface area (Å²) >= 11 is 0. The Labute approximate surface area is 173 Å². The van der Waals surface area contributed by atoms with Crippen molar-refractivity contribution < 1.29 is 14.6 Å². The second-order valence-electron chi connectivity index (χ2n) is 9.70. The van der Waals surface area contributed by atoms with Crippen LogP contribution in [0.5, 0.6) is 5.75 Å². The quantitative estimate of drug-likeness (QED) is 0.673. The standard InChI is InChI=1S/C26H30O3/c1-29-24-8-7-22(21-5-2-17(3-6-21)4-9-25(27)28)13-23(24)26-14-18-10-19(15-26)12-20(11-18)16-26/h2-3,5-8,13,18-20H,4,9-12,14-16H2,1H3,(H,27,28). The van der Waals surface area contributed by atoms with Gasteiger partial charge in [-0.05, 0) is 96.9 Å². The number of aliphatic carboxylic acids is 1. The van der Waals surface area contributed by atoms with E-state index in [1.807, 2.05) is 0 Å². The van der Waals surface area contributed by atoms with Crippen molar-refractivity contribution >= 4 is 5.97 Å². The van der Waals surface area contributed by atoms with Gasteiger partial charge in [0.1, 0.15) is 5.75 Å². The summed E-state index contributed by atoms with van der Waals surface area (Å²) in [7, 11) is 1.80. The van der Waals surface area contributed by atoms with Gasteiger partial charge in [-0.1, -0.05) is 30.3 Å². The van der Waals surface area contributed by atoms with Crippen LogP contribution < -0.4 is 4.74 Å². The third kappa shape index (κ3) is 3.45. The van der Waals surface area contributed by atoms with Gasteiger partial charge in [0.05, 0.1) is 7.11 Å². The molecule has 29 heavy (non-hydrogen) atoms. The van der Waals surface area contributed by atoms with Crippen LogP contribution in [0.3, 0.4) is 0 Å². The molecule has 4 saturated carbocycles. The Morgan fingerprint density at radius 2 is 1.55 bits per heavy atom. The molecule has 3 nitrogen and oxygen atoms in total. The minimum absolute atomic E-state index is 0.179. The van der Waals surface area contributed by atoms with Crippen LogP contribution in [0.25, 0.3) is 11.1 Å². The molecule has 3 heteroatoms. The number of carboxylic acids is 1. The number of carboxylic acid groups (broad SMARTS) is 1. The minimum atomic E-state index is -0.746. The lowest BCUT2D eigenvalue weighted by molar-refractivity contribution is -0.136. The Kier molecular flexibility index (Phi) is 4.64. The Morgan fingerprint density at radius 3 is 2.10 bits per heavy atom. The second-order valence-corrected chi connectivity index (χ2v) is 9.70. The number of hydrogen-bond donors (Lipinski definition) is 1. The summed E-state index contributed by atoms with van der Waals surface area (Å²) in [6, 6.07) is 15.1. The van der Waals surface area contributed by atoms with E-state index >= 15 is 0 Å². The van der Waals surface area contributed by atoms with E-state index < -0.39 is 5.97 Å². The molecule has 0 spiro atoms. The highest BCUT2D eigenvalue weighted by atomic mass is 16.5. The van der Waals surface area contributed by atoms with Crippen LogP contribution in [0.2, 0.25) is 0 Å². The van der Waals surface area contributed by atoms with Gasteiger partial charge in [0.2, 0.25) is 0 Å². The van der Waals surface area contributed by atoms with E-state index in [0.29, 0.717) is 11.8 Å². The fraction of sp³-hybridized carbons (Fsp3) is 0.500. The van der Waals surface area contributed by atoms with Crippen LogP contribution in [0, 0.1) is 17.8 Å². The van der Waals surface area contributed by atoms with Gasteiger partial charge in [-0.15, -0.1) is 0 Å². The van der Waals surface area contributed by atoms with Gasteiger partial charge in [0.25, 0.3) is 0 Å². The molecule has 0 amide bonds. The summed E-state index contributed by atoms with van der Waals surface area (Å²) in [5.74, 6) is 3.02. The monoisotopic (exact) mass is 390 g/mol. The number of carbonyl (C=O) groups is 1. The fourth-order valence-corrected chi connectivity index (χ4v) is 6.86. The first-order chi connectivity index (χ1) is 14.0. The first-order valence-electron chi connectivity index (χ1n) is 11.0. The molecule has 2 aromatic rings.